The quantitative estimate of drug-likeness (QED) is 0.675. The molecule has 23 heavy (non-hydrogen) atoms. The molecular weight excluding hydrogens is 312 g/mol. The molecule has 0 heterocycles. The Morgan fingerprint density at radius 3 is 2.30 bits per heavy atom. The van der Waals surface area contributed by atoms with Gasteiger partial charge >= 0.3 is 0 Å². The van der Waals surface area contributed by atoms with E-state index in [0.29, 0.717) is 17.0 Å². The van der Waals surface area contributed by atoms with Crippen LogP contribution >= 0.6 is 11.6 Å². The molecule has 0 aliphatic carbocycles. The van der Waals surface area contributed by atoms with Crippen molar-refractivity contribution in [1.29, 1.82) is 0 Å². The minimum Gasteiger partial charge on any atom is -0.273 e. The molecule has 0 unspecified atom stereocenters. The summed E-state index contributed by atoms with van der Waals surface area (Å²) < 4.78 is 0. The van der Waals surface area contributed by atoms with Crippen molar-refractivity contribution in [2.45, 2.75) is 52.5 Å². The summed E-state index contributed by atoms with van der Waals surface area (Å²) in [5.74, 6) is 5.37. The van der Waals surface area contributed by atoms with Crippen LogP contribution in [0.1, 0.15) is 57.3 Å². The summed E-state index contributed by atoms with van der Waals surface area (Å²) in [6.07, 6.45) is 1.52. The van der Waals surface area contributed by atoms with Crippen molar-refractivity contribution in [2.75, 3.05) is 0 Å². The summed E-state index contributed by atoms with van der Waals surface area (Å²) in [4.78, 5) is 24.7. The second-order valence-electron chi connectivity index (χ2n) is 6.05. The molecule has 1 N–H and O–H groups in total. The van der Waals surface area contributed by atoms with Crippen LogP contribution in [0.5, 0.6) is 0 Å². The molecule has 1 aromatic carbocycles. The van der Waals surface area contributed by atoms with Gasteiger partial charge in [0.1, 0.15) is 0 Å². The molecule has 0 aliphatic heterocycles. The Hall–Kier alpha value is -1.99. The summed E-state index contributed by atoms with van der Waals surface area (Å²) in [5.41, 5.74) is 2.60. The van der Waals surface area contributed by atoms with Crippen LogP contribution in [0.3, 0.4) is 0 Å². The molecule has 124 valence electrons. The van der Waals surface area contributed by atoms with Gasteiger partial charge in [-0.15, -0.1) is 11.8 Å². The third-order valence-corrected chi connectivity index (χ3v) is 3.26. The number of amides is 2. The zero-order valence-corrected chi connectivity index (χ0v) is 14.8. The van der Waals surface area contributed by atoms with Gasteiger partial charge in [0, 0.05) is 29.8 Å². The third-order valence-electron chi connectivity index (χ3n) is 3.01. The molecule has 1 rings (SSSR count). The highest BCUT2D eigenvalue weighted by molar-refractivity contribution is 6.30. The van der Waals surface area contributed by atoms with E-state index in [0.717, 1.165) is 6.42 Å². The minimum absolute atomic E-state index is 0.162. The van der Waals surface area contributed by atoms with Gasteiger partial charge in [0.05, 0.1) is 5.54 Å². The summed E-state index contributed by atoms with van der Waals surface area (Å²) in [7, 11) is 0. The van der Waals surface area contributed by atoms with Crippen LogP contribution in [0.2, 0.25) is 5.02 Å². The summed E-state index contributed by atoms with van der Waals surface area (Å²) >= 11 is 5.82. The monoisotopic (exact) mass is 334 g/mol. The lowest BCUT2D eigenvalue weighted by Crippen LogP contribution is -2.55. The summed E-state index contributed by atoms with van der Waals surface area (Å²) in [6.45, 7) is 7.56. The fraction of sp³-hybridized carbons (Fsp3) is 0.444. The average Bonchev–Trinajstić information content (AvgIpc) is 2.48. The van der Waals surface area contributed by atoms with Gasteiger partial charge in [-0.1, -0.05) is 18.5 Å². The van der Waals surface area contributed by atoms with E-state index in [1.165, 1.54) is 5.01 Å². The first-order chi connectivity index (χ1) is 10.8. The van der Waals surface area contributed by atoms with Gasteiger partial charge in [0.2, 0.25) is 5.91 Å². The van der Waals surface area contributed by atoms with E-state index in [-0.39, 0.29) is 18.2 Å². The Labute approximate surface area is 143 Å². The zero-order chi connectivity index (χ0) is 17.5. The number of nitrogens with one attached hydrogen (secondary N) is 1. The van der Waals surface area contributed by atoms with Gasteiger partial charge < -0.3 is 0 Å². The van der Waals surface area contributed by atoms with Crippen molar-refractivity contribution in [3.8, 4) is 11.8 Å². The van der Waals surface area contributed by atoms with Crippen molar-refractivity contribution in [3.63, 3.8) is 0 Å². The molecule has 0 fully saturated rings. The van der Waals surface area contributed by atoms with Gasteiger partial charge in [-0.25, -0.2) is 5.01 Å². The highest BCUT2D eigenvalue weighted by Crippen LogP contribution is 2.15. The lowest BCUT2D eigenvalue weighted by Gasteiger charge is -2.35. The lowest BCUT2D eigenvalue weighted by atomic mass is 10.1. The van der Waals surface area contributed by atoms with E-state index in [1.807, 2.05) is 27.7 Å². The van der Waals surface area contributed by atoms with Gasteiger partial charge in [-0.05, 0) is 45.0 Å². The van der Waals surface area contributed by atoms with E-state index in [9.17, 15) is 9.59 Å². The second-order valence-corrected chi connectivity index (χ2v) is 6.49. The molecule has 1 aromatic rings. The van der Waals surface area contributed by atoms with Crippen LogP contribution in [-0.2, 0) is 4.79 Å². The minimum atomic E-state index is -0.530. The van der Waals surface area contributed by atoms with Crippen LogP contribution in [0.25, 0.3) is 0 Å². The molecule has 0 atom stereocenters. The highest BCUT2D eigenvalue weighted by atomic mass is 35.5. The number of hydrogen-bond acceptors (Lipinski definition) is 2. The van der Waals surface area contributed by atoms with Gasteiger partial charge in [-0.3, -0.25) is 15.0 Å². The van der Waals surface area contributed by atoms with Crippen LogP contribution < -0.4 is 5.43 Å². The fourth-order valence-electron chi connectivity index (χ4n) is 1.87. The standard InChI is InChI=1S/C18H23ClN2O2/c1-5-6-7-8-9-16(22)21(18(2,3)4)20-17(23)14-10-12-15(19)13-11-14/h10-13H,5,8-9H2,1-4H3,(H,20,23). The van der Waals surface area contributed by atoms with E-state index in [2.05, 4.69) is 17.3 Å². The number of rotatable bonds is 3. The van der Waals surface area contributed by atoms with Crippen molar-refractivity contribution in [2.24, 2.45) is 0 Å². The SMILES string of the molecule is CCC#CCCC(=O)N(NC(=O)c1ccc(Cl)cc1)C(C)(C)C. The second kappa shape index (κ2) is 8.59. The van der Waals surface area contributed by atoms with Crippen molar-refractivity contribution in [1.82, 2.24) is 10.4 Å². The molecule has 0 bridgehead atoms. The fourth-order valence-corrected chi connectivity index (χ4v) is 1.99. The maximum absolute atomic E-state index is 12.4. The molecule has 0 spiro atoms. The Morgan fingerprint density at radius 1 is 1.17 bits per heavy atom. The lowest BCUT2D eigenvalue weighted by molar-refractivity contribution is -0.139. The number of benzene rings is 1. The van der Waals surface area contributed by atoms with Gasteiger partial charge in [0.25, 0.3) is 5.91 Å². The normalized spacial score (nSPS) is 10.5. The number of nitrogens with zero attached hydrogens (tertiary/aromatic N) is 1. The maximum atomic E-state index is 12.4. The molecule has 0 saturated carbocycles. The smallest absolute Gasteiger partial charge is 0.269 e. The number of hydrogen-bond donors (Lipinski definition) is 1. The molecule has 5 heteroatoms. The number of carbonyl (C=O) groups excluding carboxylic acids is 2. The Bertz CT molecular complexity index is 607. The first kappa shape index (κ1) is 19.1. The summed E-state index contributed by atoms with van der Waals surface area (Å²) in [6, 6.07) is 6.52. The Kier molecular flexibility index (Phi) is 7.12. The molecule has 0 aromatic heterocycles. The predicted octanol–water partition coefficient (Wildman–Crippen LogP) is 3.81. The predicted molar refractivity (Wildman–Crippen MR) is 92.8 cm³/mol. The number of carbonyl (C=O) groups is 2. The molecule has 0 radical (unpaired) electrons. The van der Waals surface area contributed by atoms with Crippen LogP contribution in [-0.4, -0.2) is 22.4 Å². The molecule has 0 saturated heterocycles. The zero-order valence-electron chi connectivity index (χ0n) is 14.1. The third kappa shape index (κ3) is 6.33. The van der Waals surface area contributed by atoms with Gasteiger partial charge in [-0.2, -0.15) is 0 Å². The largest absolute Gasteiger partial charge is 0.273 e. The molecule has 2 amide bonds. The van der Waals surface area contributed by atoms with Crippen molar-refractivity contribution >= 4 is 23.4 Å². The van der Waals surface area contributed by atoms with Crippen molar-refractivity contribution in [3.05, 3.63) is 34.9 Å². The average molecular weight is 335 g/mol. The van der Waals surface area contributed by atoms with E-state index in [4.69, 9.17) is 11.6 Å². The molecule has 4 nitrogen and oxygen atoms in total. The number of hydrazine groups is 1. The van der Waals surface area contributed by atoms with E-state index >= 15 is 0 Å². The van der Waals surface area contributed by atoms with Crippen LogP contribution in [0, 0.1) is 11.8 Å². The maximum Gasteiger partial charge on any atom is 0.269 e. The first-order valence-electron chi connectivity index (χ1n) is 7.61. The van der Waals surface area contributed by atoms with E-state index in [1.54, 1.807) is 24.3 Å². The summed E-state index contributed by atoms with van der Waals surface area (Å²) in [5, 5.41) is 1.93. The van der Waals surface area contributed by atoms with Gasteiger partial charge in [0.15, 0.2) is 0 Å². The highest BCUT2D eigenvalue weighted by Gasteiger charge is 2.28. The Morgan fingerprint density at radius 2 is 1.78 bits per heavy atom. The topological polar surface area (TPSA) is 49.4 Å². The Balaban J connectivity index is 2.80. The molecular formula is C18H23ClN2O2. The van der Waals surface area contributed by atoms with Crippen molar-refractivity contribution < 1.29 is 9.59 Å². The van der Waals surface area contributed by atoms with Crippen LogP contribution in [0.15, 0.2) is 24.3 Å². The number of halogens is 1. The molecule has 0 aliphatic rings. The van der Waals surface area contributed by atoms with E-state index < -0.39 is 5.54 Å². The van der Waals surface area contributed by atoms with Crippen LogP contribution in [0.4, 0.5) is 0 Å². The first-order valence-corrected chi connectivity index (χ1v) is 7.99.